The number of carbonyl (C=O) groups is 1. The maximum Gasteiger partial charge on any atom is 0.307 e. The van der Waals surface area contributed by atoms with Gasteiger partial charge in [0.25, 0.3) is 0 Å². The number of rotatable bonds is 3. The average Bonchev–Trinajstić information content (AvgIpc) is 2.15. The van der Waals surface area contributed by atoms with Gasteiger partial charge in [0.2, 0.25) is 0 Å². The first kappa shape index (κ1) is 12.7. The van der Waals surface area contributed by atoms with Crippen molar-refractivity contribution < 1.29 is 14.3 Å². The van der Waals surface area contributed by atoms with Gasteiger partial charge in [0.15, 0.2) is 0 Å². The molecule has 1 rings (SSSR count). The van der Waals surface area contributed by atoms with Gasteiger partial charge in [-0.05, 0) is 16.5 Å². The molecule has 0 saturated heterocycles. The summed E-state index contributed by atoms with van der Waals surface area (Å²) in [7, 11) is 0. The van der Waals surface area contributed by atoms with Crippen LogP contribution in [0, 0.1) is 5.41 Å². The summed E-state index contributed by atoms with van der Waals surface area (Å²) >= 11 is 0. The van der Waals surface area contributed by atoms with Gasteiger partial charge in [0.1, 0.15) is 6.17 Å². The predicted octanol–water partition coefficient (Wildman–Crippen LogP) is 3.37. The van der Waals surface area contributed by atoms with Gasteiger partial charge in [0, 0.05) is 0 Å². The van der Waals surface area contributed by atoms with E-state index in [1.165, 1.54) is 0 Å². The highest BCUT2D eigenvalue weighted by Gasteiger charge is 2.25. The highest BCUT2D eigenvalue weighted by molar-refractivity contribution is 5.70. The van der Waals surface area contributed by atoms with Crippen LogP contribution in [-0.4, -0.2) is 11.1 Å². The number of halogens is 1. The third-order valence-electron chi connectivity index (χ3n) is 2.39. The molecule has 0 aromatic heterocycles. The monoisotopic (exact) mass is 224 g/mol. The van der Waals surface area contributed by atoms with Crippen LogP contribution in [0.5, 0.6) is 0 Å². The molecule has 3 heteroatoms. The van der Waals surface area contributed by atoms with E-state index in [-0.39, 0.29) is 6.42 Å². The topological polar surface area (TPSA) is 37.3 Å². The predicted molar refractivity (Wildman–Crippen MR) is 61.1 cm³/mol. The van der Waals surface area contributed by atoms with Crippen LogP contribution in [0.3, 0.4) is 0 Å². The van der Waals surface area contributed by atoms with Gasteiger partial charge in [-0.25, -0.2) is 4.39 Å². The normalized spacial score (nSPS) is 13.5. The second-order valence-electron chi connectivity index (χ2n) is 5.04. The molecule has 88 valence electrons. The first-order chi connectivity index (χ1) is 7.30. The van der Waals surface area contributed by atoms with E-state index >= 15 is 0 Å². The van der Waals surface area contributed by atoms with E-state index in [1.807, 2.05) is 20.8 Å². The Balaban J connectivity index is 2.83. The molecule has 0 aliphatic carbocycles. The molecule has 0 heterocycles. The molecule has 0 aliphatic heterocycles. The van der Waals surface area contributed by atoms with Gasteiger partial charge >= 0.3 is 5.97 Å². The molecule has 0 amide bonds. The van der Waals surface area contributed by atoms with Gasteiger partial charge < -0.3 is 5.11 Å². The Kier molecular flexibility index (Phi) is 3.68. The lowest BCUT2D eigenvalue weighted by Gasteiger charge is -2.23. The highest BCUT2D eigenvalue weighted by atomic mass is 19.1. The van der Waals surface area contributed by atoms with E-state index in [0.29, 0.717) is 11.1 Å². The zero-order chi connectivity index (χ0) is 12.3. The molecule has 0 spiro atoms. The van der Waals surface area contributed by atoms with E-state index in [9.17, 15) is 9.18 Å². The van der Waals surface area contributed by atoms with Crippen molar-refractivity contribution in [3.05, 3.63) is 35.4 Å². The number of hydrogen-bond donors (Lipinski definition) is 1. The lowest BCUT2D eigenvalue weighted by molar-refractivity contribution is -0.136. The van der Waals surface area contributed by atoms with Crippen molar-refractivity contribution in [1.29, 1.82) is 0 Å². The minimum Gasteiger partial charge on any atom is -0.481 e. The van der Waals surface area contributed by atoms with E-state index in [0.717, 1.165) is 0 Å². The summed E-state index contributed by atoms with van der Waals surface area (Å²) in [6, 6.07) is 6.66. The van der Waals surface area contributed by atoms with Gasteiger partial charge in [0.05, 0.1) is 6.42 Å². The first-order valence-electron chi connectivity index (χ1n) is 5.25. The zero-order valence-corrected chi connectivity index (χ0v) is 9.83. The van der Waals surface area contributed by atoms with Crippen LogP contribution in [0.15, 0.2) is 24.3 Å². The molecule has 1 N–H and O–H groups in total. The molecule has 0 fully saturated rings. The molecule has 1 unspecified atom stereocenters. The summed E-state index contributed by atoms with van der Waals surface area (Å²) < 4.78 is 13.9. The quantitative estimate of drug-likeness (QED) is 0.854. The van der Waals surface area contributed by atoms with Crippen molar-refractivity contribution in [2.75, 3.05) is 0 Å². The largest absolute Gasteiger partial charge is 0.481 e. The van der Waals surface area contributed by atoms with Crippen molar-refractivity contribution in [2.45, 2.75) is 33.4 Å². The number of aliphatic carboxylic acids is 1. The molecule has 0 aliphatic rings. The Morgan fingerprint density at radius 3 is 2.19 bits per heavy atom. The number of carboxylic acids is 1. The lowest BCUT2D eigenvalue weighted by Crippen LogP contribution is -2.14. The van der Waals surface area contributed by atoms with Crippen molar-refractivity contribution in [3.63, 3.8) is 0 Å². The van der Waals surface area contributed by atoms with Gasteiger partial charge in [-0.15, -0.1) is 0 Å². The standard InChI is InChI=1S/C13H17FO2/c1-13(2,3)12(14)10-6-4-9(5-7-10)8-11(15)16/h4-7,12H,8H2,1-3H3,(H,15,16). The summed E-state index contributed by atoms with van der Waals surface area (Å²) in [5.74, 6) is -0.875. The van der Waals surface area contributed by atoms with E-state index in [1.54, 1.807) is 24.3 Å². The number of carboxylic acid groups (broad SMARTS) is 1. The smallest absolute Gasteiger partial charge is 0.307 e. The second-order valence-corrected chi connectivity index (χ2v) is 5.04. The maximum absolute atomic E-state index is 13.9. The third-order valence-corrected chi connectivity index (χ3v) is 2.39. The van der Waals surface area contributed by atoms with E-state index in [4.69, 9.17) is 5.11 Å². The molecular formula is C13H17FO2. The Bertz CT molecular complexity index is 363. The minimum atomic E-state index is -1.04. The average molecular weight is 224 g/mol. The number of hydrogen-bond acceptors (Lipinski definition) is 1. The molecule has 0 bridgehead atoms. The Morgan fingerprint density at radius 1 is 1.31 bits per heavy atom. The number of alkyl halides is 1. The Hall–Kier alpha value is -1.38. The molecule has 2 nitrogen and oxygen atoms in total. The number of benzene rings is 1. The van der Waals surface area contributed by atoms with Crippen LogP contribution in [0.2, 0.25) is 0 Å². The molecule has 1 aromatic carbocycles. The molecule has 16 heavy (non-hydrogen) atoms. The third kappa shape index (κ3) is 3.33. The van der Waals surface area contributed by atoms with E-state index in [2.05, 4.69) is 0 Å². The van der Waals surface area contributed by atoms with Crippen molar-refractivity contribution in [3.8, 4) is 0 Å². The fourth-order valence-corrected chi connectivity index (χ4v) is 1.48. The van der Waals surface area contributed by atoms with Crippen LogP contribution in [-0.2, 0) is 11.2 Å². The summed E-state index contributed by atoms with van der Waals surface area (Å²) in [5, 5.41) is 8.60. The molecule has 0 radical (unpaired) electrons. The van der Waals surface area contributed by atoms with Crippen LogP contribution in [0.4, 0.5) is 4.39 Å². The van der Waals surface area contributed by atoms with Gasteiger partial charge in [-0.2, -0.15) is 0 Å². The maximum atomic E-state index is 13.9. The van der Waals surface area contributed by atoms with Gasteiger partial charge in [-0.3, -0.25) is 4.79 Å². The van der Waals surface area contributed by atoms with Crippen LogP contribution in [0.25, 0.3) is 0 Å². The lowest BCUT2D eigenvalue weighted by atomic mass is 9.86. The van der Waals surface area contributed by atoms with Gasteiger partial charge in [-0.1, -0.05) is 45.0 Å². The summed E-state index contributed by atoms with van der Waals surface area (Å²) in [5.41, 5.74) is 0.855. The summed E-state index contributed by atoms with van der Waals surface area (Å²) in [4.78, 5) is 10.5. The molecular weight excluding hydrogens is 207 g/mol. The SMILES string of the molecule is CC(C)(C)C(F)c1ccc(CC(=O)O)cc1. The van der Waals surface area contributed by atoms with E-state index < -0.39 is 17.6 Å². The minimum absolute atomic E-state index is 0.0211. The fourth-order valence-electron chi connectivity index (χ4n) is 1.48. The van der Waals surface area contributed by atoms with Crippen molar-refractivity contribution in [2.24, 2.45) is 5.41 Å². The highest BCUT2D eigenvalue weighted by Crippen LogP contribution is 2.35. The zero-order valence-electron chi connectivity index (χ0n) is 9.83. The van der Waals surface area contributed by atoms with Crippen molar-refractivity contribution >= 4 is 5.97 Å². The summed E-state index contributed by atoms with van der Waals surface area (Å²) in [6.07, 6.45) is -1.06. The van der Waals surface area contributed by atoms with Crippen LogP contribution < -0.4 is 0 Å². The first-order valence-corrected chi connectivity index (χ1v) is 5.25. The van der Waals surface area contributed by atoms with Crippen LogP contribution >= 0.6 is 0 Å². The molecule has 1 atom stereocenters. The Labute approximate surface area is 95.1 Å². The van der Waals surface area contributed by atoms with Crippen molar-refractivity contribution in [1.82, 2.24) is 0 Å². The molecule has 1 aromatic rings. The summed E-state index contributed by atoms with van der Waals surface area (Å²) in [6.45, 7) is 5.51. The van der Waals surface area contributed by atoms with Crippen LogP contribution in [0.1, 0.15) is 38.1 Å². The Morgan fingerprint density at radius 2 is 1.81 bits per heavy atom. The second kappa shape index (κ2) is 4.64. The molecule has 0 saturated carbocycles. The fraction of sp³-hybridized carbons (Fsp3) is 0.462.